The molecule has 0 radical (unpaired) electrons. The molecule has 2 amide bonds. The van der Waals surface area contributed by atoms with E-state index in [-0.39, 0.29) is 23.9 Å². The van der Waals surface area contributed by atoms with Gasteiger partial charge in [-0.3, -0.25) is 14.6 Å². The van der Waals surface area contributed by atoms with Crippen molar-refractivity contribution in [2.24, 2.45) is 5.92 Å². The van der Waals surface area contributed by atoms with Crippen LogP contribution in [0, 0.1) is 12.8 Å². The van der Waals surface area contributed by atoms with Crippen LogP contribution in [0.4, 0.5) is 4.79 Å². The molecule has 1 fully saturated rings. The van der Waals surface area contributed by atoms with Crippen molar-refractivity contribution in [3.05, 3.63) is 53.2 Å². The van der Waals surface area contributed by atoms with Gasteiger partial charge < -0.3 is 19.3 Å². The first-order chi connectivity index (χ1) is 16.9. The first-order valence-electron chi connectivity index (χ1n) is 12.2. The van der Waals surface area contributed by atoms with Gasteiger partial charge in [0, 0.05) is 49.2 Å². The Bertz CT molecular complexity index is 1140. The summed E-state index contributed by atoms with van der Waals surface area (Å²) in [6.45, 7) is 7.86. The molecule has 186 valence electrons. The zero-order valence-electron chi connectivity index (χ0n) is 20.5. The topological polar surface area (TPSA) is 89.0 Å². The molecule has 4 rings (SSSR count). The predicted octanol–water partition coefficient (Wildman–Crippen LogP) is 3.68. The van der Waals surface area contributed by atoms with Gasteiger partial charge in [0.2, 0.25) is 0 Å². The average Bonchev–Trinajstić information content (AvgIpc) is 2.88. The molecule has 1 aliphatic heterocycles. The second-order valence-corrected chi connectivity index (χ2v) is 9.25. The van der Waals surface area contributed by atoms with Crippen LogP contribution in [0.1, 0.15) is 46.4 Å². The first-order valence-corrected chi connectivity index (χ1v) is 12.2. The van der Waals surface area contributed by atoms with Crippen LogP contribution in [0.3, 0.4) is 0 Å². The predicted molar refractivity (Wildman–Crippen MR) is 132 cm³/mol. The van der Waals surface area contributed by atoms with E-state index in [1.54, 1.807) is 15.9 Å². The van der Waals surface area contributed by atoms with Gasteiger partial charge in [-0.05, 0) is 61.8 Å². The SMILES string of the molecule is C=CCCOC(=O)N1CCN(C(=O)c2ccc3c(C)c4c(nc3c2)CCC(CC(=O)OC)C4)CC1. The number of nitrogens with zero attached hydrogens (tertiary/aromatic N) is 3. The molecule has 0 spiro atoms. The number of esters is 1. The third kappa shape index (κ3) is 5.47. The molecule has 0 bridgehead atoms. The largest absolute Gasteiger partial charge is 0.469 e. The van der Waals surface area contributed by atoms with Gasteiger partial charge in [0.1, 0.15) is 0 Å². The lowest BCUT2D eigenvalue weighted by Gasteiger charge is -2.34. The lowest BCUT2D eigenvalue weighted by molar-refractivity contribution is -0.141. The van der Waals surface area contributed by atoms with Crippen LogP contribution < -0.4 is 0 Å². The van der Waals surface area contributed by atoms with E-state index in [0.717, 1.165) is 35.9 Å². The van der Waals surface area contributed by atoms with Crippen LogP contribution in [-0.4, -0.2) is 72.6 Å². The number of piperazine rings is 1. The lowest BCUT2D eigenvalue weighted by atomic mass is 9.82. The fraction of sp³-hybridized carbons (Fsp3) is 0.481. The minimum Gasteiger partial charge on any atom is -0.469 e. The molecule has 1 atom stereocenters. The summed E-state index contributed by atoms with van der Waals surface area (Å²) in [6.07, 6.45) is 4.96. The van der Waals surface area contributed by atoms with Crippen LogP contribution in [0.15, 0.2) is 30.9 Å². The summed E-state index contributed by atoms with van der Waals surface area (Å²) in [7, 11) is 1.43. The van der Waals surface area contributed by atoms with Crippen molar-refractivity contribution in [3.8, 4) is 0 Å². The second-order valence-electron chi connectivity index (χ2n) is 9.25. The highest BCUT2D eigenvalue weighted by Gasteiger charge is 2.27. The molecule has 2 aliphatic rings. The van der Waals surface area contributed by atoms with Gasteiger partial charge in [-0.1, -0.05) is 12.1 Å². The molecule has 1 aromatic heterocycles. The maximum absolute atomic E-state index is 13.2. The first kappa shape index (κ1) is 24.7. The Kier molecular flexibility index (Phi) is 7.68. The Balaban J connectivity index is 1.44. The molecule has 1 saturated heterocycles. The third-order valence-electron chi connectivity index (χ3n) is 7.04. The fourth-order valence-corrected chi connectivity index (χ4v) is 4.96. The van der Waals surface area contributed by atoms with Crippen molar-refractivity contribution in [1.82, 2.24) is 14.8 Å². The van der Waals surface area contributed by atoms with Gasteiger partial charge in [-0.2, -0.15) is 0 Å². The lowest BCUT2D eigenvalue weighted by Crippen LogP contribution is -2.50. The van der Waals surface area contributed by atoms with E-state index in [9.17, 15) is 14.4 Å². The van der Waals surface area contributed by atoms with E-state index in [1.807, 2.05) is 18.2 Å². The Morgan fingerprint density at radius 3 is 2.63 bits per heavy atom. The van der Waals surface area contributed by atoms with Crippen LogP contribution >= 0.6 is 0 Å². The maximum Gasteiger partial charge on any atom is 0.409 e. The zero-order valence-corrected chi connectivity index (χ0v) is 20.5. The number of benzene rings is 1. The van der Waals surface area contributed by atoms with Crippen molar-refractivity contribution in [1.29, 1.82) is 0 Å². The number of amides is 2. The van der Waals surface area contributed by atoms with Gasteiger partial charge in [-0.15, -0.1) is 6.58 Å². The molecular formula is C27H33N3O5. The Morgan fingerprint density at radius 1 is 1.17 bits per heavy atom. The molecule has 2 heterocycles. The minimum atomic E-state index is -0.345. The maximum atomic E-state index is 13.2. The van der Waals surface area contributed by atoms with E-state index in [2.05, 4.69) is 13.5 Å². The number of aromatic nitrogens is 1. The normalized spacial score (nSPS) is 17.6. The van der Waals surface area contributed by atoms with Gasteiger partial charge in [0.05, 0.1) is 19.2 Å². The third-order valence-corrected chi connectivity index (χ3v) is 7.04. The van der Waals surface area contributed by atoms with Crippen molar-refractivity contribution in [2.45, 2.75) is 39.0 Å². The summed E-state index contributed by atoms with van der Waals surface area (Å²) in [4.78, 5) is 45.4. The highest BCUT2D eigenvalue weighted by Crippen LogP contribution is 2.33. The van der Waals surface area contributed by atoms with Crippen LogP contribution in [-0.2, 0) is 27.1 Å². The Morgan fingerprint density at radius 2 is 1.91 bits per heavy atom. The highest BCUT2D eigenvalue weighted by molar-refractivity contribution is 5.98. The highest BCUT2D eigenvalue weighted by atomic mass is 16.6. The van der Waals surface area contributed by atoms with Gasteiger partial charge in [-0.25, -0.2) is 4.79 Å². The number of rotatable bonds is 6. The Labute approximate surface area is 205 Å². The smallest absolute Gasteiger partial charge is 0.409 e. The van der Waals surface area contributed by atoms with E-state index in [4.69, 9.17) is 14.5 Å². The molecule has 1 aromatic carbocycles. The summed E-state index contributed by atoms with van der Waals surface area (Å²) >= 11 is 0. The van der Waals surface area contributed by atoms with E-state index in [1.165, 1.54) is 18.2 Å². The summed E-state index contributed by atoms with van der Waals surface area (Å²) in [5, 5.41) is 1.03. The quantitative estimate of drug-likeness (QED) is 0.357. The van der Waals surface area contributed by atoms with E-state index < -0.39 is 0 Å². The summed E-state index contributed by atoms with van der Waals surface area (Å²) in [6, 6.07) is 5.71. The van der Waals surface area contributed by atoms with Crippen molar-refractivity contribution in [3.63, 3.8) is 0 Å². The number of ether oxygens (including phenoxy) is 2. The van der Waals surface area contributed by atoms with Crippen molar-refractivity contribution < 1.29 is 23.9 Å². The Hall–Kier alpha value is -3.42. The molecule has 35 heavy (non-hydrogen) atoms. The number of fused-ring (bicyclic) bond motifs is 2. The zero-order chi connectivity index (χ0) is 24.9. The van der Waals surface area contributed by atoms with Gasteiger partial charge in [0.15, 0.2) is 0 Å². The summed E-state index contributed by atoms with van der Waals surface area (Å²) < 4.78 is 10.1. The van der Waals surface area contributed by atoms with Crippen molar-refractivity contribution in [2.75, 3.05) is 39.9 Å². The standard InChI is InChI=1S/C27H33N3O5/c1-4-5-14-35-27(33)30-12-10-29(11-13-30)26(32)20-7-8-21-18(2)22-15-19(16-25(31)34-3)6-9-23(22)28-24(21)17-20/h4,7-8,17,19H,1,5-6,9-16H2,2-3H3. The molecule has 0 N–H and O–H groups in total. The molecule has 8 nitrogen and oxygen atoms in total. The summed E-state index contributed by atoms with van der Waals surface area (Å²) in [5.74, 6) is 0.0481. The molecular weight excluding hydrogens is 446 g/mol. The fourth-order valence-electron chi connectivity index (χ4n) is 4.96. The van der Waals surface area contributed by atoms with Crippen LogP contribution in [0.2, 0.25) is 0 Å². The monoisotopic (exact) mass is 479 g/mol. The molecule has 8 heteroatoms. The van der Waals surface area contributed by atoms with Gasteiger partial charge in [0.25, 0.3) is 5.91 Å². The molecule has 1 aliphatic carbocycles. The average molecular weight is 480 g/mol. The minimum absolute atomic E-state index is 0.0538. The number of aryl methyl sites for hydroxylation is 2. The second kappa shape index (κ2) is 10.9. The van der Waals surface area contributed by atoms with Gasteiger partial charge >= 0.3 is 12.1 Å². The van der Waals surface area contributed by atoms with Crippen LogP contribution in [0.5, 0.6) is 0 Å². The molecule has 1 unspecified atom stereocenters. The van der Waals surface area contributed by atoms with Crippen LogP contribution in [0.25, 0.3) is 10.9 Å². The number of hydrogen-bond donors (Lipinski definition) is 0. The number of methoxy groups -OCH3 is 1. The number of hydrogen-bond acceptors (Lipinski definition) is 6. The number of carbonyl (C=O) groups excluding carboxylic acids is 3. The van der Waals surface area contributed by atoms with E-state index in [0.29, 0.717) is 51.2 Å². The molecule has 0 saturated carbocycles. The van der Waals surface area contributed by atoms with Crippen molar-refractivity contribution >= 4 is 28.9 Å². The molecule has 2 aromatic rings. The number of carbonyl (C=O) groups is 3. The number of pyridine rings is 1. The summed E-state index contributed by atoms with van der Waals surface area (Å²) in [5.41, 5.74) is 4.87. The van der Waals surface area contributed by atoms with E-state index >= 15 is 0 Å².